The van der Waals surface area contributed by atoms with E-state index in [2.05, 4.69) is 50.7 Å². The minimum absolute atomic E-state index is 0.119. The molecule has 2 heterocycles. The van der Waals surface area contributed by atoms with Crippen LogP contribution >= 0.6 is 22.9 Å². The molecule has 1 aromatic heterocycles. The van der Waals surface area contributed by atoms with Gasteiger partial charge in [-0.05, 0) is 37.1 Å². The van der Waals surface area contributed by atoms with Gasteiger partial charge in [-0.25, -0.2) is 18.2 Å². The number of carboxylic acids is 1. The largest absolute Gasteiger partial charge is 0.490 e. The van der Waals surface area contributed by atoms with Crippen molar-refractivity contribution in [2.75, 3.05) is 29.8 Å². The fourth-order valence-corrected chi connectivity index (χ4v) is 5.94. The number of likely N-dealkylation sites (tertiary alicyclic amines) is 1. The summed E-state index contributed by atoms with van der Waals surface area (Å²) in [6.45, 7) is 4.17. The third kappa shape index (κ3) is 7.59. The van der Waals surface area contributed by atoms with Gasteiger partial charge in [0, 0.05) is 37.6 Å². The molecule has 8 nitrogen and oxygen atoms in total. The molecule has 4 rings (SSSR count). The zero-order chi connectivity index (χ0) is 28.1. The Kier molecular flexibility index (Phi) is 9.63. The number of nitrogens with one attached hydrogen (secondary N) is 1. The highest BCUT2D eigenvalue weighted by atomic mass is 35.5. The summed E-state index contributed by atoms with van der Waals surface area (Å²) < 4.78 is 59.4. The molecule has 0 radical (unpaired) electrons. The first-order valence-corrected chi connectivity index (χ1v) is 14.1. The third-order valence-corrected chi connectivity index (χ3v) is 8.34. The Hall–Kier alpha value is -2.87. The minimum Gasteiger partial charge on any atom is -0.475 e. The number of benzene rings is 2. The van der Waals surface area contributed by atoms with E-state index in [-0.39, 0.29) is 4.90 Å². The van der Waals surface area contributed by atoms with E-state index in [0.717, 1.165) is 25.2 Å². The lowest BCUT2D eigenvalue weighted by atomic mass is 10.1. The number of carbonyl (C=O) groups is 1. The van der Waals surface area contributed by atoms with Gasteiger partial charge in [-0.1, -0.05) is 41.9 Å². The van der Waals surface area contributed by atoms with Gasteiger partial charge in [0.2, 0.25) is 0 Å². The van der Waals surface area contributed by atoms with E-state index in [9.17, 15) is 21.6 Å². The number of halogens is 4. The Morgan fingerprint density at radius 1 is 1.26 bits per heavy atom. The van der Waals surface area contributed by atoms with Crippen molar-refractivity contribution in [3.63, 3.8) is 0 Å². The van der Waals surface area contributed by atoms with Crippen LogP contribution in [-0.4, -0.2) is 61.7 Å². The predicted octanol–water partition coefficient (Wildman–Crippen LogP) is 5.50. The molecule has 0 saturated carbocycles. The number of nitrogens with zero attached hydrogens (tertiary/aromatic N) is 3. The van der Waals surface area contributed by atoms with Crippen molar-refractivity contribution >= 4 is 50.4 Å². The van der Waals surface area contributed by atoms with E-state index >= 15 is 0 Å². The van der Waals surface area contributed by atoms with Crippen LogP contribution in [0.4, 0.5) is 24.7 Å². The summed E-state index contributed by atoms with van der Waals surface area (Å²) >= 11 is 7.85. The first-order chi connectivity index (χ1) is 17.8. The second kappa shape index (κ2) is 12.3. The molecule has 2 atom stereocenters. The fourth-order valence-electron chi connectivity index (χ4n) is 3.98. The van der Waals surface area contributed by atoms with Gasteiger partial charge in [-0.2, -0.15) is 13.2 Å². The maximum absolute atomic E-state index is 12.6. The average Bonchev–Trinajstić information content (AvgIpc) is 3.56. The number of aliphatic carboxylic acids is 1. The molecular formula is C24H26ClF3N4O4S2. The maximum Gasteiger partial charge on any atom is 0.490 e. The lowest BCUT2D eigenvalue weighted by molar-refractivity contribution is -0.192. The summed E-state index contributed by atoms with van der Waals surface area (Å²) in [4.78, 5) is 17.6. The number of sulfonamides is 1. The highest BCUT2D eigenvalue weighted by Gasteiger charge is 2.38. The van der Waals surface area contributed by atoms with Gasteiger partial charge in [0.1, 0.15) is 0 Å². The van der Waals surface area contributed by atoms with Crippen LogP contribution in [0.2, 0.25) is 5.02 Å². The molecular weight excluding hydrogens is 565 g/mol. The molecule has 0 bridgehead atoms. The number of rotatable bonds is 7. The molecule has 2 N–H and O–H groups in total. The Balaban J connectivity index is 0.000000505. The molecule has 0 unspecified atom stereocenters. The Morgan fingerprint density at radius 3 is 2.47 bits per heavy atom. The highest BCUT2D eigenvalue weighted by Crippen LogP contribution is 2.33. The van der Waals surface area contributed by atoms with Crippen LogP contribution in [0.25, 0.3) is 0 Å². The van der Waals surface area contributed by atoms with Crippen LogP contribution < -0.4 is 9.62 Å². The number of anilines is 2. The van der Waals surface area contributed by atoms with E-state index in [1.165, 1.54) is 23.0 Å². The van der Waals surface area contributed by atoms with Crippen molar-refractivity contribution in [2.45, 2.75) is 36.5 Å². The molecule has 206 valence electrons. The Bertz CT molecular complexity index is 1330. The van der Waals surface area contributed by atoms with E-state index in [4.69, 9.17) is 21.5 Å². The van der Waals surface area contributed by atoms with Gasteiger partial charge in [0.25, 0.3) is 10.0 Å². The van der Waals surface area contributed by atoms with Crippen LogP contribution in [0.3, 0.4) is 0 Å². The number of alkyl halides is 3. The maximum atomic E-state index is 12.6. The second-order valence-corrected chi connectivity index (χ2v) is 11.3. The molecule has 1 aliphatic rings. The van der Waals surface area contributed by atoms with E-state index in [0.29, 0.717) is 22.9 Å². The molecule has 3 aromatic rings. The monoisotopic (exact) mass is 590 g/mol. The fraction of sp³-hybridized carbons (Fsp3) is 0.333. The lowest BCUT2D eigenvalue weighted by Crippen LogP contribution is -2.35. The predicted molar refractivity (Wildman–Crippen MR) is 141 cm³/mol. The standard InChI is InChI=1S/C22H25ClN4O2S2.C2HF3O2/c1-16(17-6-4-3-5-7-17)27-11-10-18(13-27)26(2)21-9-8-19(12-20(21)23)31(28,29)25-22-14-30-15-24-22;3-2(4,5)1(6)7/h3-9,12,14-16,18,25H,10-11,13H2,1-2H3;(H,6,7)/t16-,18+;/m1./s1. The molecule has 0 spiro atoms. The summed E-state index contributed by atoms with van der Waals surface area (Å²) in [6.07, 6.45) is -4.06. The molecule has 14 heteroatoms. The highest BCUT2D eigenvalue weighted by molar-refractivity contribution is 7.92. The quantitative estimate of drug-likeness (QED) is 0.374. The van der Waals surface area contributed by atoms with Gasteiger partial charge in [-0.15, -0.1) is 11.3 Å². The van der Waals surface area contributed by atoms with Crippen LogP contribution in [0.5, 0.6) is 0 Å². The smallest absolute Gasteiger partial charge is 0.475 e. The summed E-state index contributed by atoms with van der Waals surface area (Å²) in [5.74, 6) is -2.45. The third-order valence-electron chi connectivity index (χ3n) is 6.10. The SMILES string of the molecule is C[C@H](c1ccccc1)N1CC[C@H](N(C)c2ccc(S(=O)(=O)Nc3cscn3)cc2Cl)C1.O=C(O)C(F)(F)F. The summed E-state index contributed by atoms with van der Waals surface area (Å²) in [5.41, 5.74) is 3.71. The topological polar surface area (TPSA) is 103 Å². The van der Waals surface area contributed by atoms with Crippen LogP contribution in [0.1, 0.15) is 24.9 Å². The molecule has 0 amide bonds. The van der Waals surface area contributed by atoms with Crippen LogP contribution in [0, 0.1) is 0 Å². The van der Waals surface area contributed by atoms with Gasteiger partial charge in [0.15, 0.2) is 5.82 Å². The molecule has 1 fully saturated rings. The van der Waals surface area contributed by atoms with Crippen molar-refractivity contribution in [3.05, 3.63) is 70.0 Å². The van der Waals surface area contributed by atoms with E-state index < -0.39 is 22.2 Å². The average molecular weight is 591 g/mol. The number of hydrogen-bond donors (Lipinski definition) is 2. The zero-order valence-corrected chi connectivity index (χ0v) is 22.8. The van der Waals surface area contributed by atoms with Gasteiger partial charge >= 0.3 is 12.1 Å². The van der Waals surface area contributed by atoms with Crippen molar-refractivity contribution in [3.8, 4) is 0 Å². The lowest BCUT2D eigenvalue weighted by Gasteiger charge is -2.30. The van der Waals surface area contributed by atoms with Crippen molar-refractivity contribution in [1.29, 1.82) is 0 Å². The van der Waals surface area contributed by atoms with Crippen molar-refractivity contribution in [1.82, 2.24) is 9.88 Å². The number of aromatic nitrogens is 1. The summed E-state index contributed by atoms with van der Waals surface area (Å²) in [6, 6.07) is 16.0. The van der Waals surface area contributed by atoms with Crippen molar-refractivity contribution < 1.29 is 31.5 Å². The normalized spacial score (nSPS) is 16.8. The second-order valence-electron chi connectivity index (χ2n) is 8.53. The number of likely N-dealkylation sites (N-methyl/N-ethyl adjacent to an activating group) is 1. The molecule has 1 saturated heterocycles. The summed E-state index contributed by atoms with van der Waals surface area (Å²) in [7, 11) is -1.72. The van der Waals surface area contributed by atoms with Gasteiger partial charge in [-0.3, -0.25) is 9.62 Å². The molecule has 2 aromatic carbocycles. The van der Waals surface area contributed by atoms with Gasteiger partial charge in [0.05, 0.1) is 21.1 Å². The Morgan fingerprint density at radius 2 is 1.92 bits per heavy atom. The first-order valence-electron chi connectivity index (χ1n) is 11.3. The molecule has 38 heavy (non-hydrogen) atoms. The van der Waals surface area contributed by atoms with Gasteiger partial charge < -0.3 is 10.0 Å². The Labute approximate surface area is 227 Å². The number of carboxylic acid groups (broad SMARTS) is 1. The number of thiazole rings is 1. The number of hydrogen-bond acceptors (Lipinski definition) is 7. The minimum atomic E-state index is -5.08. The summed E-state index contributed by atoms with van der Waals surface area (Å²) in [5, 5.41) is 9.18. The van der Waals surface area contributed by atoms with E-state index in [1.807, 2.05) is 13.1 Å². The van der Waals surface area contributed by atoms with Crippen LogP contribution in [0.15, 0.2) is 64.3 Å². The van der Waals surface area contributed by atoms with Crippen LogP contribution in [-0.2, 0) is 14.8 Å². The van der Waals surface area contributed by atoms with E-state index in [1.54, 1.807) is 23.0 Å². The molecule has 0 aliphatic carbocycles. The molecule has 1 aliphatic heterocycles. The first kappa shape index (κ1) is 29.7. The zero-order valence-electron chi connectivity index (χ0n) is 20.4. The van der Waals surface area contributed by atoms with Crippen molar-refractivity contribution in [2.24, 2.45) is 0 Å².